The summed E-state index contributed by atoms with van der Waals surface area (Å²) in [6.45, 7) is 1.14. The molecule has 1 saturated carbocycles. The lowest BCUT2D eigenvalue weighted by Crippen LogP contribution is -2.47. The van der Waals surface area contributed by atoms with Gasteiger partial charge in [-0.1, -0.05) is 12.8 Å². The van der Waals surface area contributed by atoms with Gasteiger partial charge < -0.3 is 10.1 Å². The molecule has 0 aromatic rings. The Morgan fingerprint density at radius 2 is 2.05 bits per heavy atom. The molecule has 1 aliphatic carbocycles. The highest BCUT2D eigenvalue weighted by Crippen LogP contribution is 2.42. The zero-order chi connectivity index (χ0) is 14.9. The Labute approximate surface area is 126 Å². The first-order valence-corrected chi connectivity index (χ1v) is 9.91. The van der Waals surface area contributed by atoms with Crippen molar-refractivity contribution in [2.45, 2.75) is 56.6 Å². The van der Waals surface area contributed by atoms with E-state index in [0.717, 1.165) is 25.7 Å². The Balaban J connectivity index is 1.57. The van der Waals surface area contributed by atoms with Gasteiger partial charge in [0.25, 0.3) is 0 Å². The lowest BCUT2D eigenvalue weighted by atomic mass is 9.81. The Kier molecular flexibility index (Phi) is 4.39. The minimum absolute atomic E-state index is 0.0509. The van der Waals surface area contributed by atoms with Gasteiger partial charge in [-0.3, -0.25) is 4.79 Å². The van der Waals surface area contributed by atoms with Crippen LogP contribution in [0, 0.1) is 5.92 Å². The summed E-state index contributed by atoms with van der Waals surface area (Å²) in [5.41, 5.74) is -0.0509. The van der Waals surface area contributed by atoms with Crippen LogP contribution in [0.15, 0.2) is 0 Å². The molecule has 2 aliphatic heterocycles. The van der Waals surface area contributed by atoms with E-state index in [1.165, 1.54) is 12.8 Å². The van der Waals surface area contributed by atoms with E-state index in [1.807, 2.05) is 0 Å². The highest BCUT2D eigenvalue weighted by atomic mass is 32.2. The predicted molar refractivity (Wildman–Crippen MR) is 79.9 cm³/mol. The smallest absolute Gasteiger partial charge is 0.153 e. The van der Waals surface area contributed by atoms with E-state index in [4.69, 9.17) is 4.74 Å². The maximum absolute atomic E-state index is 12.5. The minimum Gasteiger partial charge on any atom is -0.375 e. The summed E-state index contributed by atoms with van der Waals surface area (Å²) < 4.78 is 29.3. The molecule has 5 nitrogen and oxygen atoms in total. The molecule has 0 radical (unpaired) electrons. The van der Waals surface area contributed by atoms with E-state index in [0.29, 0.717) is 19.6 Å². The fourth-order valence-corrected chi connectivity index (χ4v) is 5.52. The molecule has 3 aliphatic rings. The molecule has 0 bridgehead atoms. The highest BCUT2D eigenvalue weighted by molar-refractivity contribution is 7.91. The SMILES string of the molecule is O=C(CC1CS(=O)(=O)CCN1)C1CCOC2(CCCC2)C1. The summed E-state index contributed by atoms with van der Waals surface area (Å²) in [7, 11) is -2.97. The Morgan fingerprint density at radius 3 is 2.76 bits per heavy atom. The van der Waals surface area contributed by atoms with Crippen molar-refractivity contribution < 1.29 is 17.9 Å². The quantitative estimate of drug-likeness (QED) is 0.843. The lowest BCUT2D eigenvalue weighted by molar-refractivity contribution is -0.136. The summed E-state index contributed by atoms with van der Waals surface area (Å²) >= 11 is 0. The number of ether oxygens (including phenoxy) is 1. The van der Waals surface area contributed by atoms with Crippen molar-refractivity contribution in [1.29, 1.82) is 0 Å². The van der Waals surface area contributed by atoms with Crippen LogP contribution in [0.25, 0.3) is 0 Å². The standard InChI is InChI=1S/C15H25NO4S/c17-14(9-13-11-21(18,19)8-6-16-13)12-3-7-20-15(10-12)4-1-2-5-15/h12-13,16H,1-11H2. The number of nitrogens with one attached hydrogen (secondary N) is 1. The van der Waals surface area contributed by atoms with Crippen LogP contribution in [-0.4, -0.2) is 50.5 Å². The third-order valence-corrected chi connectivity index (χ3v) is 6.95. The van der Waals surface area contributed by atoms with Crippen LogP contribution in [0.5, 0.6) is 0 Å². The van der Waals surface area contributed by atoms with Crippen molar-refractivity contribution >= 4 is 15.6 Å². The molecular weight excluding hydrogens is 290 g/mol. The number of rotatable bonds is 3. The van der Waals surface area contributed by atoms with E-state index in [2.05, 4.69) is 5.32 Å². The summed E-state index contributed by atoms with van der Waals surface area (Å²) in [6.07, 6.45) is 6.53. The van der Waals surface area contributed by atoms with Gasteiger partial charge in [0.1, 0.15) is 5.78 Å². The van der Waals surface area contributed by atoms with Gasteiger partial charge in [-0.05, 0) is 25.7 Å². The van der Waals surface area contributed by atoms with E-state index in [-0.39, 0.29) is 34.8 Å². The average Bonchev–Trinajstić information content (AvgIpc) is 2.85. The lowest BCUT2D eigenvalue weighted by Gasteiger charge is -2.38. The molecule has 3 rings (SSSR count). The molecule has 3 fully saturated rings. The van der Waals surface area contributed by atoms with Crippen LogP contribution in [0.3, 0.4) is 0 Å². The summed E-state index contributed by atoms with van der Waals surface area (Å²) in [5.74, 6) is 0.577. The molecular formula is C15H25NO4S. The minimum atomic E-state index is -2.97. The normalized spacial score (nSPS) is 34.9. The van der Waals surface area contributed by atoms with E-state index >= 15 is 0 Å². The molecule has 6 heteroatoms. The van der Waals surface area contributed by atoms with Gasteiger partial charge in [0, 0.05) is 31.5 Å². The molecule has 1 N–H and O–H groups in total. The van der Waals surface area contributed by atoms with Gasteiger partial charge in [-0.15, -0.1) is 0 Å². The van der Waals surface area contributed by atoms with Crippen LogP contribution < -0.4 is 5.32 Å². The Bertz CT molecular complexity index is 496. The first kappa shape index (κ1) is 15.4. The number of ketones is 1. The fourth-order valence-electron chi connectivity index (χ4n) is 4.08. The third kappa shape index (κ3) is 3.66. The number of carbonyl (C=O) groups is 1. The molecule has 21 heavy (non-hydrogen) atoms. The topological polar surface area (TPSA) is 72.5 Å². The van der Waals surface area contributed by atoms with Crippen molar-refractivity contribution in [2.24, 2.45) is 5.92 Å². The van der Waals surface area contributed by atoms with Crippen LogP contribution in [0.1, 0.15) is 44.9 Å². The van der Waals surface area contributed by atoms with Gasteiger partial charge in [-0.2, -0.15) is 0 Å². The Morgan fingerprint density at radius 1 is 1.29 bits per heavy atom. The van der Waals surface area contributed by atoms with Crippen molar-refractivity contribution in [3.05, 3.63) is 0 Å². The molecule has 2 unspecified atom stereocenters. The zero-order valence-electron chi connectivity index (χ0n) is 12.5. The second kappa shape index (κ2) is 5.97. The van der Waals surface area contributed by atoms with Crippen molar-refractivity contribution in [3.8, 4) is 0 Å². The molecule has 2 atom stereocenters. The van der Waals surface area contributed by atoms with Gasteiger partial charge in [-0.25, -0.2) is 8.42 Å². The summed E-state index contributed by atoms with van der Waals surface area (Å²) in [5, 5.41) is 3.17. The first-order chi connectivity index (χ1) is 9.98. The molecule has 1 spiro atoms. The molecule has 0 aromatic carbocycles. The molecule has 0 aromatic heterocycles. The second-order valence-corrected chi connectivity index (χ2v) is 9.09. The van der Waals surface area contributed by atoms with Crippen LogP contribution in [-0.2, 0) is 19.4 Å². The van der Waals surface area contributed by atoms with Gasteiger partial charge in [0.2, 0.25) is 0 Å². The van der Waals surface area contributed by atoms with Crippen molar-refractivity contribution in [1.82, 2.24) is 5.32 Å². The summed E-state index contributed by atoms with van der Waals surface area (Å²) in [6, 6.07) is -0.196. The maximum Gasteiger partial charge on any atom is 0.153 e. The molecule has 0 amide bonds. The number of hydrogen-bond acceptors (Lipinski definition) is 5. The fraction of sp³-hybridized carbons (Fsp3) is 0.933. The molecule has 2 heterocycles. The van der Waals surface area contributed by atoms with E-state index in [1.54, 1.807) is 0 Å². The number of Topliss-reactive ketones (excluding diaryl/α,β-unsaturated/α-hetero) is 1. The van der Waals surface area contributed by atoms with E-state index in [9.17, 15) is 13.2 Å². The third-order valence-electron chi connectivity index (χ3n) is 5.21. The largest absolute Gasteiger partial charge is 0.375 e. The van der Waals surface area contributed by atoms with Crippen LogP contribution in [0.4, 0.5) is 0 Å². The van der Waals surface area contributed by atoms with Crippen molar-refractivity contribution in [2.75, 3.05) is 24.7 Å². The molecule has 120 valence electrons. The van der Waals surface area contributed by atoms with Gasteiger partial charge in [0.15, 0.2) is 9.84 Å². The maximum atomic E-state index is 12.5. The highest BCUT2D eigenvalue weighted by Gasteiger charge is 2.42. The second-order valence-electron chi connectivity index (χ2n) is 6.86. The number of sulfone groups is 1. The number of hydrogen-bond donors (Lipinski definition) is 1. The first-order valence-electron chi connectivity index (χ1n) is 8.09. The van der Waals surface area contributed by atoms with Crippen LogP contribution in [0.2, 0.25) is 0 Å². The van der Waals surface area contributed by atoms with E-state index < -0.39 is 9.84 Å². The Hall–Kier alpha value is -0.460. The molecule has 2 saturated heterocycles. The monoisotopic (exact) mass is 315 g/mol. The zero-order valence-corrected chi connectivity index (χ0v) is 13.3. The summed E-state index contributed by atoms with van der Waals surface area (Å²) in [4.78, 5) is 12.5. The van der Waals surface area contributed by atoms with Gasteiger partial charge >= 0.3 is 0 Å². The van der Waals surface area contributed by atoms with Crippen molar-refractivity contribution in [3.63, 3.8) is 0 Å². The van der Waals surface area contributed by atoms with Gasteiger partial charge in [0.05, 0.1) is 17.1 Å². The van der Waals surface area contributed by atoms with Crippen LogP contribution >= 0.6 is 0 Å². The average molecular weight is 315 g/mol. The number of carbonyl (C=O) groups excluding carboxylic acids is 1. The predicted octanol–water partition coefficient (Wildman–Crippen LogP) is 1.07.